The fourth-order valence-corrected chi connectivity index (χ4v) is 3.37. The van der Waals surface area contributed by atoms with E-state index in [0.29, 0.717) is 29.2 Å². The molecule has 2 aliphatic heterocycles. The number of benzene rings is 2. The Morgan fingerprint density at radius 3 is 2.64 bits per heavy atom. The minimum absolute atomic E-state index is 0.208. The summed E-state index contributed by atoms with van der Waals surface area (Å²) in [7, 11) is 0. The monoisotopic (exact) mass is 380 g/mol. The Morgan fingerprint density at radius 2 is 1.86 bits per heavy atom. The van der Waals surface area contributed by atoms with Crippen LogP contribution in [0.1, 0.15) is 33.2 Å². The lowest BCUT2D eigenvalue weighted by molar-refractivity contribution is -0.125. The van der Waals surface area contributed by atoms with Crippen LogP contribution in [0.25, 0.3) is 0 Å². The summed E-state index contributed by atoms with van der Waals surface area (Å²) in [6.45, 7) is 3.90. The molecule has 3 amide bonds. The molecule has 1 N–H and O–H groups in total. The molecule has 0 spiro atoms. The summed E-state index contributed by atoms with van der Waals surface area (Å²) in [5.41, 5.74) is 1.55. The standard InChI is InChI=1S/C21H20N2O5/c1-12-7-8-15-16(9-12)21(26)23(20(15)25)13(2)19(24)22-10-14-11-27-17-5-3-4-6-18(17)28-14/h3-9,13-14H,10-11H2,1-2H3,(H,22,24)/t13-,14+/m1/s1. The second kappa shape index (κ2) is 6.99. The van der Waals surface area contributed by atoms with E-state index in [-0.39, 0.29) is 12.6 Å². The molecule has 0 bridgehead atoms. The fraction of sp³-hybridized carbons (Fsp3) is 0.286. The molecule has 0 unspecified atom stereocenters. The van der Waals surface area contributed by atoms with Crippen molar-refractivity contribution in [2.75, 3.05) is 13.2 Å². The Balaban J connectivity index is 1.39. The number of fused-ring (bicyclic) bond motifs is 2. The Kier molecular flexibility index (Phi) is 4.50. The second-order valence-corrected chi connectivity index (χ2v) is 6.95. The molecule has 2 heterocycles. The van der Waals surface area contributed by atoms with Crippen LogP contribution in [-0.4, -0.2) is 47.9 Å². The molecule has 2 atom stereocenters. The van der Waals surface area contributed by atoms with Gasteiger partial charge in [-0.15, -0.1) is 0 Å². The van der Waals surface area contributed by atoms with Crippen LogP contribution < -0.4 is 14.8 Å². The van der Waals surface area contributed by atoms with Crippen molar-refractivity contribution in [2.45, 2.75) is 26.0 Å². The molecule has 144 valence electrons. The molecule has 7 heteroatoms. The van der Waals surface area contributed by atoms with Crippen molar-refractivity contribution in [3.05, 3.63) is 59.2 Å². The van der Waals surface area contributed by atoms with Crippen LogP contribution in [0.2, 0.25) is 0 Å². The molecule has 7 nitrogen and oxygen atoms in total. The lowest BCUT2D eigenvalue weighted by atomic mass is 10.1. The van der Waals surface area contributed by atoms with Crippen LogP contribution >= 0.6 is 0 Å². The van der Waals surface area contributed by atoms with Crippen LogP contribution in [0.5, 0.6) is 11.5 Å². The number of nitrogens with one attached hydrogen (secondary N) is 1. The molecule has 0 saturated carbocycles. The smallest absolute Gasteiger partial charge is 0.262 e. The summed E-state index contributed by atoms with van der Waals surface area (Å²) in [6, 6.07) is 11.5. The summed E-state index contributed by atoms with van der Waals surface area (Å²) in [5, 5.41) is 2.75. The number of nitrogens with zero attached hydrogens (tertiary/aromatic N) is 1. The van der Waals surface area contributed by atoms with Gasteiger partial charge in [-0.25, -0.2) is 0 Å². The maximum absolute atomic E-state index is 12.6. The maximum atomic E-state index is 12.6. The molecule has 2 aromatic carbocycles. The lowest BCUT2D eigenvalue weighted by Crippen LogP contribution is -2.50. The van der Waals surface area contributed by atoms with Gasteiger partial charge in [0.05, 0.1) is 17.7 Å². The minimum Gasteiger partial charge on any atom is -0.486 e. The molecule has 4 rings (SSSR count). The van der Waals surface area contributed by atoms with Crippen molar-refractivity contribution < 1.29 is 23.9 Å². The highest BCUT2D eigenvalue weighted by atomic mass is 16.6. The van der Waals surface area contributed by atoms with Crippen molar-refractivity contribution in [3.63, 3.8) is 0 Å². The molecule has 28 heavy (non-hydrogen) atoms. The SMILES string of the molecule is Cc1ccc2c(c1)C(=O)N([C@H](C)C(=O)NC[C@H]1COc3ccccc3O1)C2=O. The highest BCUT2D eigenvalue weighted by Gasteiger charge is 2.41. The molecule has 0 saturated heterocycles. The van der Waals surface area contributed by atoms with Gasteiger partial charge in [-0.05, 0) is 38.1 Å². The number of amides is 3. The first kappa shape index (κ1) is 18.0. The molecule has 2 aliphatic rings. The summed E-state index contributed by atoms with van der Waals surface area (Å²) in [6.07, 6.45) is -0.351. The van der Waals surface area contributed by atoms with Gasteiger partial charge in [-0.1, -0.05) is 23.8 Å². The fourth-order valence-electron chi connectivity index (χ4n) is 3.37. The first-order valence-corrected chi connectivity index (χ1v) is 9.10. The topological polar surface area (TPSA) is 84.9 Å². The molecule has 2 aromatic rings. The van der Waals surface area contributed by atoms with Gasteiger partial charge in [0, 0.05) is 0 Å². The zero-order valence-electron chi connectivity index (χ0n) is 15.6. The number of rotatable bonds is 4. The van der Waals surface area contributed by atoms with E-state index < -0.39 is 23.8 Å². The number of hydrogen-bond donors (Lipinski definition) is 1. The number of hydrogen-bond acceptors (Lipinski definition) is 5. The van der Waals surface area contributed by atoms with Crippen molar-refractivity contribution in [3.8, 4) is 11.5 Å². The van der Waals surface area contributed by atoms with E-state index in [0.717, 1.165) is 10.5 Å². The van der Waals surface area contributed by atoms with Gasteiger partial charge in [0.25, 0.3) is 11.8 Å². The van der Waals surface area contributed by atoms with E-state index >= 15 is 0 Å². The van der Waals surface area contributed by atoms with E-state index in [2.05, 4.69) is 5.32 Å². The Bertz CT molecular complexity index is 971. The van der Waals surface area contributed by atoms with Crippen LogP contribution in [0.3, 0.4) is 0 Å². The van der Waals surface area contributed by atoms with Gasteiger partial charge < -0.3 is 14.8 Å². The van der Waals surface area contributed by atoms with Gasteiger partial charge in [-0.2, -0.15) is 0 Å². The number of para-hydroxylation sites is 2. The van der Waals surface area contributed by atoms with E-state index in [4.69, 9.17) is 9.47 Å². The normalized spacial score (nSPS) is 18.6. The van der Waals surface area contributed by atoms with Crippen LogP contribution in [0.15, 0.2) is 42.5 Å². The zero-order chi connectivity index (χ0) is 19.8. The third kappa shape index (κ3) is 3.09. The van der Waals surface area contributed by atoms with Gasteiger partial charge in [-0.3, -0.25) is 19.3 Å². The molecular formula is C21H20N2O5. The largest absolute Gasteiger partial charge is 0.486 e. The van der Waals surface area contributed by atoms with Crippen molar-refractivity contribution in [2.24, 2.45) is 0 Å². The van der Waals surface area contributed by atoms with Crippen LogP contribution in [0, 0.1) is 6.92 Å². The third-order valence-electron chi connectivity index (χ3n) is 4.91. The van der Waals surface area contributed by atoms with Crippen LogP contribution in [-0.2, 0) is 4.79 Å². The molecular weight excluding hydrogens is 360 g/mol. The maximum Gasteiger partial charge on any atom is 0.262 e. The number of carbonyl (C=O) groups is 3. The van der Waals surface area contributed by atoms with Gasteiger partial charge in [0.1, 0.15) is 18.8 Å². The number of imide groups is 1. The average Bonchev–Trinajstić information content (AvgIpc) is 2.95. The van der Waals surface area contributed by atoms with E-state index in [1.807, 2.05) is 25.1 Å². The van der Waals surface area contributed by atoms with Gasteiger partial charge in [0.15, 0.2) is 11.5 Å². The van der Waals surface area contributed by atoms with Crippen molar-refractivity contribution >= 4 is 17.7 Å². The van der Waals surface area contributed by atoms with Crippen molar-refractivity contribution in [1.29, 1.82) is 0 Å². The zero-order valence-corrected chi connectivity index (χ0v) is 15.6. The summed E-state index contributed by atoms with van der Waals surface area (Å²) >= 11 is 0. The minimum atomic E-state index is -0.926. The first-order chi connectivity index (χ1) is 13.5. The number of aryl methyl sites for hydroxylation is 1. The molecule has 0 fully saturated rings. The van der Waals surface area contributed by atoms with Gasteiger partial charge >= 0.3 is 0 Å². The molecule has 0 radical (unpaired) electrons. The first-order valence-electron chi connectivity index (χ1n) is 9.10. The van der Waals surface area contributed by atoms with Crippen molar-refractivity contribution in [1.82, 2.24) is 10.2 Å². The highest BCUT2D eigenvalue weighted by molar-refractivity contribution is 6.22. The summed E-state index contributed by atoms with van der Waals surface area (Å²) in [4.78, 5) is 38.8. The summed E-state index contributed by atoms with van der Waals surface area (Å²) < 4.78 is 11.4. The second-order valence-electron chi connectivity index (χ2n) is 6.95. The van der Waals surface area contributed by atoms with E-state index in [1.165, 1.54) is 6.92 Å². The molecule has 0 aromatic heterocycles. The predicted octanol–water partition coefficient (Wildman–Crippen LogP) is 1.94. The quantitative estimate of drug-likeness (QED) is 0.820. The van der Waals surface area contributed by atoms with Gasteiger partial charge in [0.2, 0.25) is 5.91 Å². The van der Waals surface area contributed by atoms with E-state index in [1.54, 1.807) is 24.3 Å². The molecule has 0 aliphatic carbocycles. The number of carbonyl (C=O) groups excluding carboxylic acids is 3. The third-order valence-corrected chi connectivity index (χ3v) is 4.91. The Morgan fingerprint density at radius 1 is 1.14 bits per heavy atom. The summed E-state index contributed by atoms with van der Waals surface area (Å²) in [5.74, 6) is -0.0310. The van der Waals surface area contributed by atoms with Crippen LogP contribution in [0.4, 0.5) is 0 Å². The Labute approximate surface area is 162 Å². The predicted molar refractivity (Wildman–Crippen MR) is 101 cm³/mol. The Hall–Kier alpha value is -3.35. The van der Waals surface area contributed by atoms with E-state index in [9.17, 15) is 14.4 Å². The average molecular weight is 380 g/mol. The lowest BCUT2D eigenvalue weighted by Gasteiger charge is -2.27. The highest BCUT2D eigenvalue weighted by Crippen LogP contribution is 2.30. The number of ether oxygens (including phenoxy) is 2.